The quantitative estimate of drug-likeness (QED) is 0.834. The van der Waals surface area contributed by atoms with Crippen LogP contribution in [0.25, 0.3) is 10.8 Å². The highest BCUT2D eigenvalue weighted by Crippen LogP contribution is 2.32. The summed E-state index contributed by atoms with van der Waals surface area (Å²) in [5.74, 6) is 0.0348. The SMILES string of the molecule is CCC[C@H]1CN(S(=O)(=O)c2ccc3ccccc3c2)CC1C(C)=O. The van der Waals surface area contributed by atoms with Crippen LogP contribution in [0.4, 0.5) is 0 Å². The van der Waals surface area contributed by atoms with Crippen molar-refractivity contribution in [2.24, 2.45) is 11.8 Å². The lowest BCUT2D eigenvalue weighted by atomic mass is 9.89. The maximum Gasteiger partial charge on any atom is 0.243 e. The van der Waals surface area contributed by atoms with Crippen molar-refractivity contribution in [2.45, 2.75) is 31.6 Å². The molecule has 2 aromatic carbocycles. The summed E-state index contributed by atoms with van der Waals surface area (Å²) in [5, 5.41) is 1.93. The molecule has 0 radical (unpaired) electrons. The largest absolute Gasteiger partial charge is 0.300 e. The Hall–Kier alpha value is -1.72. The van der Waals surface area contributed by atoms with E-state index in [9.17, 15) is 13.2 Å². The summed E-state index contributed by atoms with van der Waals surface area (Å²) in [6.45, 7) is 4.37. The van der Waals surface area contributed by atoms with Crippen molar-refractivity contribution in [1.29, 1.82) is 0 Å². The predicted octanol–water partition coefficient (Wildman–Crippen LogP) is 3.47. The molecule has 1 aliphatic heterocycles. The Balaban J connectivity index is 1.93. The number of fused-ring (bicyclic) bond motifs is 1. The number of sulfonamides is 1. The topological polar surface area (TPSA) is 54.5 Å². The molecule has 2 atom stereocenters. The first-order valence-corrected chi connectivity index (χ1v) is 9.87. The molecular weight excluding hydrogens is 322 g/mol. The van der Waals surface area contributed by atoms with Crippen LogP contribution < -0.4 is 0 Å². The minimum absolute atomic E-state index is 0.0876. The van der Waals surface area contributed by atoms with E-state index in [-0.39, 0.29) is 17.6 Å². The Morgan fingerprint density at radius 3 is 2.50 bits per heavy atom. The van der Waals surface area contributed by atoms with E-state index >= 15 is 0 Å². The van der Waals surface area contributed by atoms with Crippen LogP contribution in [-0.2, 0) is 14.8 Å². The monoisotopic (exact) mass is 345 g/mol. The number of carbonyl (C=O) groups excluding carboxylic acids is 1. The standard InChI is InChI=1S/C19H23NO3S/c1-3-6-17-12-20(13-19(17)14(2)21)24(22,23)18-10-9-15-7-4-5-8-16(15)11-18/h4-5,7-11,17,19H,3,6,12-13H2,1-2H3/t17-,19?/m0/s1. The third-order valence-corrected chi connectivity index (χ3v) is 6.78. The predicted molar refractivity (Wildman–Crippen MR) is 95.3 cm³/mol. The van der Waals surface area contributed by atoms with Gasteiger partial charge in [0.1, 0.15) is 5.78 Å². The number of benzene rings is 2. The number of rotatable bonds is 5. The Kier molecular flexibility index (Phi) is 4.74. The van der Waals surface area contributed by atoms with Gasteiger partial charge in [-0.2, -0.15) is 4.31 Å². The summed E-state index contributed by atoms with van der Waals surface area (Å²) in [4.78, 5) is 12.2. The van der Waals surface area contributed by atoms with Gasteiger partial charge in [0.25, 0.3) is 0 Å². The smallest absolute Gasteiger partial charge is 0.243 e. The third-order valence-electron chi connectivity index (χ3n) is 4.95. The fraction of sp³-hybridized carbons (Fsp3) is 0.421. The van der Waals surface area contributed by atoms with Crippen LogP contribution in [0.1, 0.15) is 26.7 Å². The molecule has 0 aliphatic carbocycles. The molecule has 3 rings (SSSR count). The van der Waals surface area contributed by atoms with Crippen molar-refractivity contribution < 1.29 is 13.2 Å². The lowest BCUT2D eigenvalue weighted by molar-refractivity contribution is -0.121. The van der Waals surface area contributed by atoms with E-state index in [0.717, 1.165) is 23.6 Å². The van der Waals surface area contributed by atoms with E-state index in [4.69, 9.17) is 0 Å². The van der Waals surface area contributed by atoms with Crippen LogP contribution in [0.3, 0.4) is 0 Å². The molecule has 1 fully saturated rings. The van der Waals surface area contributed by atoms with Crippen molar-refractivity contribution in [2.75, 3.05) is 13.1 Å². The molecule has 0 aromatic heterocycles. The van der Waals surface area contributed by atoms with Crippen LogP contribution in [0.2, 0.25) is 0 Å². The van der Waals surface area contributed by atoms with Gasteiger partial charge in [0, 0.05) is 19.0 Å². The fourth-order valence-electron chi connectivity index (χ4n) is 3.63. The number of hydrogen-bond donors (Lipinski definition) is 0. The minimum Gasteiger partial charge on any atom is -0.300 e. The van der Waals surface area contributed by atoms with Gasteiger partial charge in [-0.3, -0.25) is 4.79 Å². The van der Waals surface area contributed by atoms with E-state index in [1.54, 1.807) is 19.1 Å². The summed E-state index contributed by atoms with van der Waals surface area (Å²) in [7, 11) is -3.57. The third kappa shape index (κ3) is 3.10. The summed E-state index contributed by atoms with van der Waals surface area (Å²) >= 11 is 0. The number of carbonyl (C=O) groups is 1. The number of hydrogen-bond acceptors (Lipinski definition) is 3. The average molecular weight is 345 g/mol. The van der Waals surface area contributed by atoms with Gasteiger partial charge in [-0.25, -0.2) is 8.42 Å². The number of ketones is 1. The zero-order valence-corrected chi connectivity index (χ0v) is 14.9. The van der Waals surface area contributed by atoms with Crippen LogP contribution in [0.5, 0.6) is 0 Å². The summed E-state index contributed by atoms with van der Waals surface area (Å²) < 4.78 is 27.5. The Morgan fingerprint density at radius 2 is 1.83 bits per heavy atom. The molecule has 1 unspecified atom stereocenters. The molecule has 24 heavy (non-hydrogen) atoms. The van der Waals surface area contributed by atoms with Crippen molar-refractivity contribution in [3.63, 3.8) is 0 Å². The van der Waals surface area contributed by atoms with E-state index in [2.05, 4.69) is 6.92 Å². The number of Topliss-reactive ketones (excluding diaryl/α,β-unsaturated/α-hetero) is 1. The fourth-order valence-corrected chi connectivity index (χ4v) is 5.19. The lowest BCUT2D eigenvalue weighted by Gasteiger charge is -2.17. The zero-order valence-electron chi connectivity index (χ0n) is 14.1. The molecule has 128 valence electrons. The highest BCUT2D eigenvalue weighted by atomic mass is 32.2. The number of nitrogens with zero attached hydrogens (tertiary/aromatic N) is 1. The first kappa shape index (κ1) is 17.1. The highest BCUT2D eigenvalue weighted by Gasteiger charge is 2.40. The zero-order chi connectivity index (χ0) is 17.3. The van der Waals surface area contributed by atoms with E-state index in [1.807, 2.05) is 30.3 Å². The maximum atomic E-state index is 13.0. The van der Waals surface area contributed by atoms with Gasteiger partial charge in [-0.05, 0) is 42.2 Å². The van der Waals surface area contributed by atoms with E-state index in [0.29, 0.717) is 18.0 Å². The molecule has 2 aromatic rings. The van der Waals surface area contributed by atoms with Crippen LogP contribution >= 0.6 is 0 Å². The molecule has 0 amide bonds. The van der Waals surface area contributed by atoms with Gasteiger partial charge >= 0.3 is 0 Å². The summed E-state index contributed by atoms with van der Waals surface area (Å²) in [6.07, 6.45) is 1.84. The molecule has 1 saturated heterocycles. The van der Waals surface area contributed by atoms with Gasteiger partial charge < -0.3 is 0 Å². The second kappa shape index (κ2) is 6.65. The molecule has 4 nitrogen and oxygen atoms in total. The first-order valence-electron chi connectivity index (χ1n) is 8.43. The first-order chi connectivity index (χ1) is 11.4. The molecular formula is C19H23NO3S. The van der Waals surface area contributed by atoms with Crippen LogP contribution in [0, 0.1) is 11.8 Å². The molecule has 0 bridgehead atoms. The second-order valence-corrected chi connectivity index (χ2v) is 8.53. The Bertz CT molecular complexity index is 860. The van der Waals surface area contributed by atoms with Gasteiger partial charge in [0.05, 0.1) is 4.90 Å². The summed E-state index contributed by atoms with van der Waals surface area (Å²) in [5.41, 5.74) is 0. The highest BCUT2D eigenvalue weighted by molar-refractivity contribution is 7.89. The molecule has 0 spiro atoms. The van der Waals surface area contributed by atoms with Crippen molar-refractivity contribution in [1.82, 2.24) is 4.31 Å². The molecule has 5 heteroatoms. The van der Waals surface area contributed by atoms with Crippen molar-refractivity contribution >= 4 is 26.6 Å². The molecule has 0 saturated carbocycles. The van der Waals surface area contributed by atoms with Gasteiger partial charge in [0.2, 0.25) is 10.0 Å². The Morgan fingerprint density at radius 1 is 1.12 bits per heavy atom. The van der Waals surface area contributed by atoms with Crippen LogP contribution in [-0.4, -0.2) is 31.6 Å². The maximum absolute atomic E-state index is 13.0. The second-order valence-electron chi connectivity index (χ2n) is 6.60. The lowest BCUT2D eigenvalue weighted by Crippen LogP contribution is -2.29. The molecule has 1 aliphatic rings. The summed E-state index contributed by atoms with van der Waals surface area (Å²) in [6, 6.07) is 12.9. The average Bonchev–Trinajstić information content (AvgIpc) is 3.00. The van der Waals surface area contributed by atoms with Gasteiger partial charge in [0.15, 0.2) is 0 Å². The van der Waals surface area contributed by atoms with Crippen molar-refractivity contribution in [3.05, 3.63) is 42.5 Å². The van der Waals surface area contributed by atoms with Gasteiger partial charge in [-0.15, -0.1) is 0 Å². The van der Waals surface area contributed by atoms with Crippen molar-refractivity contribution in [3.8, 4) is 0 Å². The normalized spacial score (nSPS) is 22.1. The van der Waals surface area contributed by atoms with E-state index < -0.39 is 10.0 Å². The molecule has 0 N–H and O–H groups in total. The minimum atomic E-state index is -3.57. The van der Waals surface area contributed by atoms with Crippen LogP contribution in [0.15, 0.2) is 47.4 Å². The van der Waals surface area contributed by atoms with E-state index in [1.165, 1.54) is 4.31 Å². The molecule has 1 heterocycles. The van der Waals surface area contributed by atoms with Gasteiger partial charge in [-0.1, -0.05) is 43.7 Å². The Labute approximate surface area is 143 Å².